The number of aryl methyl sites for hydroxylation is 1. The Kier molecular flexibility index (Phi) is 10.7. The van der Waals surface area contributed by atoms with E-state index in [0.29, 0.717) is 29.0 Å². The van der Waals surface area contributed by atoms with E-state index in [9.17, 15) is 9.90 Å². The highest BCUT2D eigenvalue weighted by molar-refractivity contribution is 6.30. The number of aliphatic carboxylic acids is 1. The zero-order chi connectivity index (χ0) is 28.3. The van der Waals surface area contributed by atoms with Crippen LogP contribution < -0.4 is 9.47 Å². The fraction of sp³-hybridized carbons (Fsp3) is 0.303. The number of piperidine rings is 1. The van der Waals surface area contributed by atoms with E-state index in [1.54, 1.807) is 12.1 Å². The quantitative estimate of drug-likeness (QED) is 0.311. The molecule has 1 aliphatic heterocycles. The van der Waals surface area contributed by atoms with Crippen molar-refractivity contribution < 1.29 is 24.5 Å². The Morgan fingerprint density at radius 2 is 1.70 bits per heavy atom. The molecule has 40 heavy (non-hydrogen) atoms. The maximum Gasteiger partial charge on any atom is 0.341 e. The molecule has 7 heteroatoms. The second kappa shape index (κ2) is 14.6. The number of carbonyl (C=O) groups is 1. The summed E-state index contributed by atoms with van der Waals surface area (Å²) in [4.78, 5) is 13.1. The van der Waals surface area contributed by atoms with Gasteiger partial charge in [0.15, 0.2) is 6.61 Å². The van der Waals surface area contributed by atoms with Crippen LogP contribution in [0.3, 0.4) is 0 Å². The average Bonchev–Trinajstić information content (AvgIpc) is 2.96. The van der Waals surface area contributed by atoms with Crippen molar-refractivity contribution in [2.45, 2.75) is 19.8 Å². The SMILES string of the molecule is Cc1cc(OC/C=C(/c2ccc(Cl)cc2)c2ccc(C#CCN3CCC(CO)CC3)cc2)ccc1OCC(=O)O. The van der Waals surface area contributed by atoms with E-state index in [1.807, 2.05) is 55.5 Å². The van der Waals surface area contributed by atoms with Crippen LogP contribution in [-0.2, 0) is 4.79 Å². The first-order chi connectivity index (χ1) is 19.4. The number of hydrogen-bond acceptors (Lipinski definition) is 5. The highest BCUT2D eigenvalue weighted by atomic mass is 35.5. The molecule has 1 fully saturated rings. The topological polar surface area (TPSA) is 79.2 Å². The lowest BCUT2D eigenvalue weighted by Crippen LogP contribution is -2.34. The Morgan fingerprint density at radius 3 is 2.33 bits per heavy atom. The third-order valence-electron chi connectivity index (χ3n) is 6.89. The third kappa shape index (κ3) is 8.62. The smallest absolute Gasteiger partial charge is 0.341 e. The van der Waals surface area contributed by atoms with E-state index in [4.69, 9.17) is 26.2 Å². The highest BCUT2D eigenvalue weighted by Crippen LogP contribution is 2.27. The maximum absolute atomic E-state index is 10.8. The van der Waals surface area contributed by atoms with Gasteiger partial charge in [0.25, 0.3) is 0 Å². The van der Waals surface area contributed by atoms with Crippen molar-refractivity contribution in [1.29, 1.82) is 0 Å². The maximum atomic E-state index is 10.8. The molecule has 0 unspecified atom stereocenters. The molecule has 0 aliphatic carbocycles. The van der Waals surface area contributed by atoms with Crippen LogP contribution >= 0.6 is 11.6 Å². The van der Waals surface area contributed by atoms with E-state index in [1.165, 1.54) is 0 Å². The summed E-state index contributed by atoms with van der Waals surface area (Å²) in [6, 6.07) is 21.2. The van der Waals surface area contributed by atoms with Crippen molar-refractivity contribution in [3.8, 4) is 23.3 Å². The summed E-state index contributed by atoms with van der Waals surface area (Å²) >= 11 is 6.14. The minimum Gasteiger partial charge on any atom is -0.489 e. The molecule has 6 nitrogen and oxygen atoms in total. The van der Waals surface area contributed by atoms with Gasteiger partial charge in [-0.2, -0.15) is 0 Å². The number of likely N-dealkylation sites (tertiary alicyclic amines) is 1. The standard InChI is InChI=1S/C33H34ClNO5/c1-24-21-30(12-13-32(24)40-23-33(37)38)39-20-16-31(28-8-10-29(34)11-9-28)27-6-4-25(5-7-27)3-2-17-35-18-14-26(22-36)15-19-35/h4-13,16,21,26,36H,14-15,17-20,22-23H2,1H3,(H,37,38)/b31-16+. The van der Waals surface area contributed by atoms with Gasteiger partial charge in [-0.3, -0.25) is 4.90 Å². The van der Waals surface area contributed by atoms with Crippen LogP contribution in [0, 0.1) is 24.7 Å². The summed E-state index contributed by atoms with van der Waals surface area (Å²) in [6.45, 7) is 4.78. The lowest BCUT2D eigenvalue weighted by molar-refractivity contribution is -0.139. The Labute approximate surface area is 240 Å². The summed E-state index contributed by atoms with van der Waals surface area (Å²) in [5.41, 5.74) is 4.83. The second-order valence-corrected chi connectivity index (χ2v) is 10.3. The number of hydrogen-bond donors (Lipinski definition) is 2. The van der Waals surface area contributed by atoms with Gasteiger partial charge in [0.1, 0.15) is 18.1 Å². The minimum absolute atomic E-state index is 0.281. The zero-order valence-electron chi connectivity index (χ0n) is 22.6. The van der Waals surface area contributed by atoms with Crippen LogP contribution in [0.25, 0.3) is 5.57 Å². The monoisotopic (exact) mass is 559 g/mol. The normalized spacial score (nSPS) is 14.3. The number of aliphatic hydroxyl groups is 1. The lowest BCUT2D eigenvalue weighted by Gasteiger charge is -2.29. The highest BCUT2D eigenvalue weighted by Gasteiger charge is 2.17. The largest absolute Gasteiger partial charge is 0.489 e. The molecule has 0 saturated carbocycles. The van der Waals surface area contributed by atoms with Gasteiger partial charge in [-0.15, -0.1) is 0 Å². The first-order valence-corrected chi connectivity index (χ1v) is 13.8. The van der Waals surface area contributed by atoms with Crippen molar-refractivity contribution in [3.63, 3.8) is 0 Å². The first kappa shape index (κ1) is 29.2. The summed E-state index contributed by atoms with van der Waals surface area (Å²) in [7, 11) is 0. The summed E-state index contributed by atoms with van der Waals surface area (Å²) < 4.78 is 11.3. The molecular weight excluding hydrogens is 526 g/mol. The Morgan fingerprint density at radius 1 is 1.02 bits per heavy atom. The Hall–Kier alpha value is -3.76. The summed E-state index contributed by atoms with van der Waals surface area (Å²) in [6.07, 6.45) is 4.09. The van der Waals surface area contributed by atoms with Gasteiger partial charge in [-0.25, -0.2) is 4.79 Å². The van der Waals surface area contributed by atoms with Gasteiger partial charge in [-0.1, -0.05) is 47.7 Å². The second-order valence-electron chi connectivity index (χ2n) is 9.83. The molecule has 1 aliphatic rings. The van der Waals surface area contributed by atoms with Crippen LogP contribution in [0.5, 0.6) is 11.5 Å². The first-order valence-electron chi connectivity index (χ1n) is 13.4. The number of rotatable bonds is 10. The van der Waals surface area contributed by atoms with Gasteiger partial charge in [0.05, 0.1) is 6.54 Å². The van der Waals surface area contributed by atoms with Gasteiger partial charge >= 0.3 is 5.97 Å². The van der Waals surface area contributed by atoms with Gasteiger partial charge in [-0.05, 0) is 110 Å². The molecule has 1 saturated heterocycles. The van der Waals surface area contributed by atoms with Crippen LogP contribution in [0.4, 0.5) is 0 Å². The summed E-state index contributed by atoms with van der Waals surface area (Å²) in [5, 5.41) is 18.8. The van der Waals surface area contributed by atoms with Crippen molar-refractivity contribution in [2.75, 3.05) is 39.5 Å². The number of carboxylic acids is 1. The van der Waals surface area contributed by atoms with Crippen LogP contribution in [0.15, 0.2) is 72.8 Å². The van der Waals surface area contributed by atoms with Gasteiger partial charge in [0.2, 0.25) is 0 Å². The number of benzene rings is 3. The van der Waals surface area contributed by atoms with E-state index in [-0.39, 0.29) is 13.2 Å². The predicted molar refractivity (Wildman–Crippen MR) is 158 cm³/mol. The zero-order valence-corrected chi connectivity index (χ0v) is 23.4. The number of nitrogens with zero attached hydrogens (tertiary/aromatic N) is 1. The third-order valence-corrected chi connectivity index (χ3v) is 7.14. The van der Waals surface area contributed by atoms with E-state index < -0.39 is 5.97 Å². The molecule has 0 radical (unpaired) electrons. The summed E-state index contributed by atoms with van der Waals surface area (Å²) in [5.74, 6) is 7.16. The lowest BCUT2D eigenvalue weighted by atomic mass is 9.97. The molecule has 4 rings (SSSR count). The number of carboxylic acid groups (broad SMARTS) is 1. The number of ether oxygens (including phenoxy) is 2. The molecule has 208 valence electrons. The Bertz CT molecular complexity index is 1360. The predicted octanol–water partition coefficient (Wildman–Crippen LogP) is 5.68. The molecule has 2 N–H and O–H groups in total. The molecule has 1 heterocycles. The average molecular weight is 560 g/mol. The molecule has 3 aromatic carbocycles. The van der Waals surface area contributed by atoms with E-state index >= 15 is 0 Å². The minimum atomic E-state index is -1.02. The number of halogens is 1. The van der Waals surface area contributed by atoms with Crippen molar-refractivity contribution in [3.05, 3.63) is 100 Å². The molecule has 0 spiro atoms. The molecule has 0 atom stereocenters. The van der Waals surface area contributed by atoms with E-state index in [0.717, 1.165) is 60.3 Å². The fourth-order valence-electron chi connectivity index (χ4n) is 4.58. The molecule has 0 bridgehead atoms. The van der Waals surface area contributed by atoms with Gasteiger partial charge < -0.3 is 19.7 Å². The van der Waals surface area contributed by atoms with Gasteiger partial charge in [0, 0.05) is 17.2 Å². The number of aliphatic hydroxyl groups excluding tert-OH is 1. The fourth-order valence-corrected chi connectivity index (χ4v) is 4.71. The van der Waals surface area contributed by atoms with Crippen molar-refractivity contribution in [2.24, 2.45) is 5.92 Å². The van der Waals surface area contributed by atoms with Crippen molar-refractivity contribution in [1.82, 2.24) is 4.90 Å². The van der Waals surface area contributed by atoms with Crippen LogP contribution in [0.2, 0.25) is 5.02 Å². The van der Waals surface area contributed by atoms with Crippen LogP contribution in [0.1, 0.15) is 35.1 Å². The molecule has 0 amide bonds. The van der Waals surface area contributed by atoms with Crippen LogP contribution in [-0.4, -0.2) is 60.5 Å². The molecular formula is C33H34ClNO5. The van der Waals surface area contributed by atoms with Crippen molar-refractivity contribution >= 4 is 23.1 Å². The Balaban J connectivity index is 1.43. The molecule has 3 aromatic rings. The van der Waals surface area contributed by atoms with E-state index in [2.05, 4.69) is 28.9 Å². The molecule has 0 aromatic heterocycles.